The van der Waals surface area contributed by atoms with E-state index < -0.39 is 0 Å². The molecule has 3 aliphatic rings. The van der Waals surface area contributed by atoms with Crippen molar-refractivity contribution in [3.63, 3.8) is 0 Å². The summed E-state index contributed by atoms with van der Waals surface area (Å²) < 4.78 is 6.30. The van der Waals surface area contributed by atoms with Crippen LogP contribution in [0.4, 0.5) is 0 Å². The van der Waals surface area contributed by atoms with Crippen LogP contribution in [0, 0.1) is 5.92 Å². The number of halogens is 1. The number of carbonyl (C=O) groups excluding carboxylic acids is 3. The van der Waals surface area contributed by atoms with Gasteiger partial charge in [-0.05, 0) is 44.2 Å². The van der Waals surface area contributed by atoms with Gasteiger partial charge in [-0.15, -0.1) is 0 Å². The number of amides is 3. The van der Waals surface area contributed by atoms with Gasteiger partial charge in [-0.2, -0.15) is 0 Å². The normalized spacial score (nSPS) is 24.3. The number of piperazine rings is 1. The predicted octanol–water partition coefficient (Wildman–Crippen LogP) is 2.50. The number of likely N-dealkylation sites (N-methyl/N-ethyl adjacent to an activating group) is 1. The molecule has 9 heteroatoms. The molecule has 0 saturated carbocycles. The van der Waals surface area contributed by atoms with Crippen LogP contribution in [0.25, 0.3) is 0 Å². The summed E-state index contributed by atoms with van der Waals surface area (Å²) in [6.45, 7) is 4.98. The Morgan fingerprint density at radius 3 is 2.43 bits per heavy atom. The lowest BCUT2D eigenvalue weighted by Crippen LogP contribution is -2.53. The van der Waals surface area contributed by atoms with Crippen LogP contribution in [0.5, 0.6) is 5.75 Å². The SMILES string of the molecule is CN1CCN(C(=O)C[C@H]2CN(C(=O)CN3CCCCCC3=O)CC[C@@H]2Oc2ccc(Cl)cc2)CC1. The van der Waals surface area contributed by atoms with Crippen molar-refractivity contribution in [2.45, 2.75) is 44.6 Å². The van der Waals surface area contributed by atoms with E-state index in [9.17, 15) is 14.4 Å². The van der Waals surface area contributed by atoms with Crippen molar-refractivity contribution in [2.24, 2.45) is 5.92 Å². The van der Waals surface area contributed by atoms with Crippen LogP contribution in [0.1, 0.15) is 38.5 Å². The van der Waals surface area contributed by atoms with E-state index >= 15 is 0 Å². The minimum absolute atomic E-state index is 0.0396. The molecule has 1 aromatic rings. The van der Waals surface area contributed by atoms with Crippen molar-refractivity contribution in [2.75, 3.05) is 59.4 Å². The van der Waals surface area contributed by atoms with Gasteiger partial charge in [0.2, 0.25) is 17.7 Å². The summed E-state index contributed by atoms with van der Waals surface area (Å²) in [6, 6.07) is 7.25. The molecule has 192 valence electrons. The Balaban J connectivity index is 1.42. The molecule has 0 bridgehead atoms. The number of piperidine rings is 1. The Bertz CT molecular complexity index is 888. The summed E-state index contributed by atoms with van der Waals surface area (Å²) >= 11 is 6.02. The molecule has 2 atom stereocenters. The van der Waals surface area contributed by atoms with Crippen molar-refractivity contribution in [1.82, 2.24) is 19.6 Å². The Hall–Kier alpha value is -2.32. The van der Waals surface area contributed by atoms with Crippen molar-refractivity contribution < 1.29 is 19.1 Å². The van der Waals surface area contributed by atoms with E-state index in [0.717, 1.165) is 45.4 Å². The standard InChI is InChI=1S/C26H37ClN4O4/c1-28-13-15-29(16-14-28)25(33)17-20-18-31(26(34)19-30-11-4-2-3-5-24(30)32)12-10-23(20)35-22-8-6-21(27)7-9-22/h6-9,20,23H,2-5,10-19H2,1H3/t20-,23-/m0/s1. The summed E-state index contributed by atoms with van der Waals surface area (Å²) in [7, 11) is 2.07. The van der Waals surface area contributed by atoms with Crippen LogP contribution in [0.3, 0.4) is 0 Å². The first-order valence-corrected chi connectivity index (χ1v) is 13.2. The van der Waals surface area contributed by atoms with Gasteiger partial charge in [0.05, 0.1) is 6.54 Å². The molecule has 0 unspecified atom stereocenters. The highest BCUT2D eigenvalue weighted by Crippen LogP contribution is 2.28. The van der Waals surface area contributed by atoms with Crippen LogP contribution in [0.2, 0.25) is 5.02 Å². The highest BCUT2D eigenvalue weighted by Gasteiger charge is 2.36. The Labute approximate surface area is 213 Å². The number of likely N-dealkylation sites (tertiary alicyclic amines) is 2. The first-order valence-electron chi connectivity index (χ1n) is 12.8. The molecule has 0 spiro atoms. The molecule has 3 fully saturated rings. The van der Waals surface area contributed by atoms with E-state index in [0.29, 0.717) is 49.7 Å². The molecule has 0 aromatic heterocycles. The molecule has 0 N–H and O–H groups in total. The molecule has 0 radical (unpaired) electrons. The van der Waals surface area contributed by atoms with Gasteiger partial charge in [-0.3, -0.25) is 14.4 Å². The highest BCUT2D eigenvalue weighted by molar-refractivity contribution is 6.30. The topological polar surface area (TPSA) is 73.4 Å². The van der Waals surface area contributed by atoms with Crippen LogP contribution >= 0.6 is 11.6 Å². The molecular weight excluding hydrogens is 468 g/mol. The van der Waals surface area contributed by atoms with Crippen LogP contribution < -0.4 is 4.74 Å². The number of benzene rings is 1. The molecule has 8 nitrogen and oxygen atoms in total. The number of nitrogens with zero attached hydrogens (tertiary/aromatic N) is 4. The molecule has 0 aliphatic carbocycles. The lowest BCUT2D eigenvalue weighted by atomic mass is 9.90. The third-order valence-electron chi connectivity index (χ3n) is 7.41. The van der Waals surface area contributed by atoms with E-state index in [1.54, 1.807) is 17.0 Å². The van der Waals surface area contributed by atoms with E-state index in [4.69, 9.17) is 16.3 Å². The summed E-state index contributed by atoms with van der Waals surface area (Å²) in [4.78, 5) is 46.4. The van der Waals surface area contributed by atoms with Gasteiger partial charge in [0.15, 0.2) is 0 Å². The maximum atomic E-state index is 13.2. The number of hydrogen-bond acceptors (Lipinski definition) is 5. The third-order valence-corrected chi connectivity index (χ3v) is 7.66. The average Bonchev–Trinajstić information content (AvgIpc) is 3.05. The van der Waals surface area contributed by atoms with E-state index in [-0.39, 0.29) is 36.3 Å². The quantitative estimate of drug-likeness (QED) is 0.595. The summed E-state index contributed by atoms with van der Waals surface area (Å²) in [5.41, 5.74) is 0. The first kappa shape index (κ1) is 25.8. The minimum Gasteiger partial charge on any atom is -0.490 e. The second-order valence-electron chi connectivity index (χ2n) is 10.0. The number of hydrogen-bond donors (Lipinski definition) is 0. The second-order valence-corrected chi connectivity index (χ2v) is 10.4. The molecule has 3 aliphatic heterocycles. The van der Waals surface area contributed by atoms with Crippen molar-refractivity contribution in [3.05, 3.63) is 29.3 Å². The monoisotopic (exact) mass is 504 g/mol. The fourth-order valence-electron chi connectivity index (χ4n) is 5.15. The van der Waals surface area contributed by atoms with Crippen LogP contribution in [-0.2, 0) is 14.4 Å². The van der Waals surface area contributed by atoms with E-state index in [2.05, 4.69) is 11.9 Å². The molecule has 35 heavy (non-hydrogen) atoms. The van der Waals surface area contributed by atoms with Gasteiger partial charge in [0.1, 0.15) is 11.9 Å². The molecule has 3 heterocycles. The van der Waals surface area contributed by atoms with Gasteiger partial charge < -0.3 is 24.3 Å². The zero-order valence-corrected chi connectivity index (χ0v) is 21.4. The van der Waals surface area contributed by atoms with Crippen LogP contribution in [0.15, 0.2) is 24.3 Å². The van der Waals surface area contributed by atoms with E-state index in [1.165, 1.54) is 0 Å². The maximum absolute atomic E-state index is 13.2. The summed E-state index contributed by atoms with van der Waals surface area (Å²) in [6.07, 6.45) is 4.20. The zero-order chi connectivity index (χ0) is 24.8. The molecule has 3 amide bonds. The smallest absolute Gasteiger partial charge is 0.242 e. The summed E-state index contributed by atoms with van der Waals surface area (Å²) in [5, 5.41) is 0.641. The molecule has 3 saturated heterocycles. The van der Waals surface area contributed by atoms with Gasteiger partial charge >= 0.3 is 0 Å². The van der Waals surface area contributed by atoms with Crippen LogP contribution in [-0.4, -0.2) is 103 Å². The van der Waals surface area contributed by atoms with Gasteiger partial charge in [-0.1, -0.05) is 18.0 Å². The fourth-order valence-corrected chi connectivity index (χ4v) is 5.28. The fraction of sp³-hybridized carbons (Fsp3) is 0.654. The third kappa shape index (κ3) is 7.10. The lowest BCUT2D eigenvalue weighted by Gasteiger charge is -2.40. The lowest BCUT2D eigenvalue weighted by molar-refractivity contribution is -0.143. The largest absolute Gasteiger partial charge is 0.490 e. The number of ether oxygens (including phenoxy) is 1. The number of carbonyl (C=O) groups is 3. The molecule has 1 aromatic carbocycles. The Morgan fingerprint density at radius 2 is 1.69 bits per heavy atom. The Morgan fingerprint density at radius 1 is 0.943 bits per heavy atom. The van der Waals surface area contributed by atoms with Gasteiger partial charge in [0.25, 0.3) is 0 Å². The van der Waals surface area contributed by atoms with Crippen molar-refractivity contribution in [1.29, 1.82) is 0 Å². The summed E-state index contributed by atoms with van der Waals surface area (Å²) in [5.74, 6) is 0.743. The maximum Gasteiger partial charge on any atom is 0.242 e. The van der Waals surface area contributed by atoms with E-state index in [1.807, 2.05) is 21.9 Å². The first-order chi connectivity index (χ1) is 16.9. The predicted molar refractivity (Wildman–Crippen MR) is 134 cm³/mol. The van der Waals surface area contributed by atoms with Crippen molar-refractivity contribution in [3.8, 4) is 5.75 Å². The highest BCUT2D eigenvalue weighted by atomic mass is 35.5. The van der Waals surface area contributed by atoms with Gasteiger partial charge in [0, 0.05) is 76.0 Å². The average molecular weight is 505 g/mol. The molecule has 4 rings (SSSR count). The Kier molecular flexibility index (Phi) is 8.89. The second kappa shape index (κ2) is 12.1. The molecular formula is C26H37ClN4O4. The van der Waals surface area contributed by atoms with Gasteiger partial charge in [-0.25, -0.2) is 0 Å². The van der Waals surface area contributed by atoms with Crippen molar-refractivity contribution >= 4 is 29.3 Å². The minimum atomic E-state index is -0.170. The number of rotatable bonds is 6. The zero-order valence-electron chi connectivity index (χ0n) is 20.7.